The molecule has 2 aromatic rings. The first-order chi connectivity index (χ1) is 8.98. The van der Waals surface area contributed by atoms with Gasteiger partial charge in [-0.1, -0.05) is 19.1 Å². The molecule has 0 fully saturated rings. The van der Waals surface area contributed by atoms with Crippen LogP contribution in [0.2, 0.25) is 0 Å². The standard InChI is InChI=1S/C14H20N4O/c1-4-16-14(3,13(15)19)9-18-10(2)17-11-7-5-6-8-12(11)18/h5-8,16H,4,9H2,1-3H3,(H2,15,19). The molecule has 2 rings (SSSR count). The Morgan fingerprint density at radius 2 is 2.16 bits per heavy atom. The van der Waals surface area contributed by atoms with Crippen LogP contribution >= 0.6 is 0 Å². The highest BCUT2D eigenvalue weighted by Crippen LogP contribution is 2.18. The van der Waals surface area contributed by atoms with Crippen molar-refractivity contribution in [1.82, 2.24) is 14.9 Å². The molecule has 1 unspecified atom stereocenters. The number of nitrogens with zero attached hydrogens (tertiary/aromatic N) is 2. The van der Waals surface area contributed by atoms with E-state index in [2.05, 4.69) is 10.3 Å². The highest BCUT2D eigenvalue weighted by Gasteiger charge is 2.31. The van der Waals surface area contributed by atoms with Crippen LogP contribution in [0.25, 0.3) is 11.0 Å². The predicted octanol–water partition coefficient (Wildman–Crippen LogP) is 1.20. The summed E-state index contributed by atoms with van der Waals surface area (Å²) < 4.78 is 2.03. The number of likely N-dealkylation sites (N-methyl/N-ethyl adjacent to an activating group) is 1. The first-order valence-electron chi connectivity index (χ1n) is 6.45. The SMILES string of the molecule is CCNC(C)(Cn1c(C)nc2ccccc21)C(N)=O. The predicted molar refractivity (Wildman–Crippen MR) is 75.7 cm³/mol. The summed E-state index contributed by atoms with van der Waals surface area (Å²) in [4.78, 5) is 16.2. The smallest absolute Gasteiger partial charge is 0.239 e. The van der Waals surface area contributed by atoms with Crippen molar-refractivity contribution in [2.75, 3.05) is 6.54 Å². The summed E-state index contributed by atoms with van der Waals surface area (Å²) in [6, 6.07) is 7.89. The van der Waals surface area contributed by atoms with E-state index in [1.54, 1.807) is 0 Å². The summed E-state index contributed by atoms with van der Waals surface area (Å²) in [5, 5.41) is 3.17. The highest BCUT2D eigenvalue weighted by molar-refractivity contribution is 5.84. The van der Waals surface area contributed by atoms with Gasteiger partial charge >= 0.3 is 0 Å². The molecular weight excluding hydrogens is 240 g/mol. The normalized spacial score (nSPS) is 14.5. The monoisotopic (exact) mass is 260 g/mol. The fourth-order valence-corrected chi connectivity index (χ4v) is 2.32. The van der Waals surface area contributed by atoms with Crippen LogP contribution < -0.4 is 11.1 Å². The molecule has 0 saturated heterocycles. The number of imidazole rings is 1. The van der Waals surface area contributed by atoms with Crippen molar-refractivity contribution in [1.29, 1.82) is 0 Å². The van der Waals surface area contributed by atoms with Gasteiger partial charge in [0, 0.05) is 0 Å². The Morgan fingerprint density at radius 1 is 1.47 bits per heavy atom. The third-order valence-electron chi connectivity index (χ3n) is 3.43. The van der Waals surface area contributed by atoms with Crippen molar-refractivity contribution in [2.45, 2.75) is 32.9 Å². The number of fused-ring (bicyclic) bond motifs is 1. The van der Waals surface area contributed by atoms with E-state index >= 15 is 0 Å². The molecule has 1 amide bonds. The van der Waals surface area contributed by atoms with Crippen molar-refractivity contribution in [2.24, 2.45) is 5.73 Å². The first kappa shape index (κ1) is 13.5. The molecule has 102 valence electrons. The average molecular weight is 260 g/mol. The van der Waals surface area contributed by atoms with Gasteiger partial charge in [0.1, 0.15) is 11.4 Å². The molecule has 3 N–H and O–H groups in total. The van der Waals surface area contributed by atoms with Gasteiger partial charge in [0.2, 0.25) is 5.91 Å². The summed E-state index contributed by atoms with van der Waals surface area (Å²) in [7, 11) is 0. The molecular formula is C14H20N4O. The zero-order chi connectivity index (χ0) is 14.0. The Labute approximate surface area is 112 Å². The van der Waals surface area contributed by atoms with Crippen molar-refractivity contribution >= 4 is 16.9 Å². The summed E-state index contributed by atoms with van der Waals surface area (Å²) in [5.74, 6) is 0.526. The lowest BCUT2D eigenvalue weighted by atomic mass is 10.0. The molecule has 0 bridgehead atoms. The summed E-state index contributed by atoms with van der Waals surface area (Å²) in [6.07, 6.45) is 0. The fraction of sp³-hybridized carbons (Fsp3) is 0.429. The Kier molecular flexibility index (Phi) is 3.57. The lowest BCUT2D eigenvalue weighted by Crippen LogP contribution is -2.55. The summed E-state index contributed by atoms with van der Waals surface area (Å²) in [6.45, 7) is 6.88. The number of carbonyl (C=O) groups is 1. The maximum absolute atomic E-state index is 11.7. The molecule has 1 atom stereocenters. The van der Waals surface area contributed by atoms with Gasteiger partial charge in [-0.3, -0.25) is 4.79 Å². The molecule has 0 aliphatic heterocycles. The van der Waals surface area contributed by atoms with Crippen molar-refractivity contribution in [3.8, 4) is 0 Å². The molecule has 1 aromatic heterocycles. The first-order valence-corrected chi connectivity index (χ1v) is 6.45. The number of hydrogen-bond donors (Lipinski definition) is 2. The second kappa shape index (κ2) is 5.01. The molecule has 5 nitrogen and oxygen atoms in total. The van der Waals surface area contributed by atoms with Crippen LogP contribution in [0.4, 0.5) is 0 Å². The van der Waals surface area contributed by atoms with E-state index in [-0.39, 0.29) is 5.91 Å². The number of primary amides is 1. The Bertz CT molecular complexity index is 605. The molecule has 0 aliphatic carbocycles. The molecule has 0 aliphatic rings. The second-order valence-corrected chi connectivity index (χ2v) is 4.96. The van der Waals surface area contributed by atoms with E-state index in [9.17, 15) is 4.79 Å². The largest absolute Gasteiger partial charge is 0.368 e. The van der Waals surface area contributed by atoms with Crippen molar-refractivity contribution in [3.63, 3.8) is 0 Å². The zero-order valence-electron chi connectivity index (χ0n) is 11.6. The third-order valence-corrected chi connectivity index (χ3v) is 3.43. The number of amides is 1. The Balaban J connectivity index is 2.44. The van der Waals surface area contributed by atoms with Crippen molar-refractivity contribution < 1.29 is 4.79 Å². The number of aromatic nitrogens is 2. The molecule has 0 radical (unpaired) electrons. The van der Waals surface area contributed by atoms with Crippen LogP contribution in [0.1, 0.15) is 19.7 Å². The minimum atomic E-state index is -0.775. The third kappa shape index (κ3) is 2.46. The maximum Gasteiger partial charge on any atom is 0.239 e. The second-order valence-electron chi connectivity index (χ2n) is 4.96. The quantitative estimate of drug-likeness (QED) is 0.848. The van der Waals surface area contributed by atoms with Gasteiger partial charge in [-0.25, -0.2) is 4.98 Å². The number of nitrogens with one attached hydrogen (secondary N) is 1. The van der Waals surface area contributed by atoms with Crippen LogP contribution in [0, 0.1) is 6.92 Å². The van der Waals surface area contributed by atoms with Gasteiger partial charge in [0.15, 0.2) is 0 Å². The minimum absolute atomic E-state index is 0.355. The van der Waals surface area contributed by atoms with Gasteiger partial charge < -0.3 is 15.6 Å². The number of aryl methyl sites for hydroxylation is 1. The van der Waals surface area contributed by atoms with Crippen LogP contribution in [-0.2, 0) is 11.3 Å². The van der Waals surface area contributed by atoms with Crippen LogP contribution in [0.15, 0.2) is 24.3 Å². The molecule has 0 saturated carbocycles. The summed E-state index contributed by atoms with van der Waals surface area (Å²) in [5.41, 5.74) is 6.71. The molecule has 0 spiro atoms. The van der Waals surface area contributed by atoms with E-state index in [1.165, 1.54) is 0 Å². The Hall–Kier alpha value is -1.88. The minimum Gasteiger partial charge on any atom is -0.368 e. The zero-order valence-corrected chi connectivity index (χ0v) is 11.6. The molecule has 1 aromatic carbocycles. The van der Waals surface area contributed by atoms with Gasteiger partial charge in [-0.15, -0.1) is 0 Å². The number of nitrogens with two attached hydrogens (primary N) is 1. The summed E-state index contributed by atoms with van der Waals surface area (Å²) >= 11 is 0. The fourth-order valence-electron chi connectivity index (χ4n) is 2.32. The maximum atomic E-state index is 11.7. The van der Waals surface area contributed by atoms with Gasteiger partial charge in [-0.2, -0.15) is 0 Å². The number of rotatable bonds is 5. The topological polar surface area (TPSA) is 72.9 Å². The van der Waals surface area contributed by atoms with Gasteiger partial charge in [0.05, 0.1) is 17.6 Å². The van der Waals surface area contributed by atoms with Crippen LogP contribution in [0.5, 0.6) is 0 Å². The lowest BCUT2D eigenvalue weighted by Gasteiger charge is -2.28. The van der Waals surface area contributed by atoms with Gasteiger partial charge in [0.25, 0.3) is 0 Å². The number of hydrogen-bond acceptors (Lipinski definition) is 3. The number of benzene rings is 1. The van der Waals surface area contributed by atoms with E-state index in [0.29, 0.717) is 13.1 Å². The van der Waals surface area contributed by atoms with Crippen LogP contribution in [0.3, 0.4) is 0 Å². The van der Waals surface area contributed by atoms with Gasteiger partial charge in [-0.05, 0) is 32.5 Å². The van der Waals surface area contributed by atoms with E-state index in [0.717, 1.165) is 16.9 Å². The average Bonchev–Trinajstić information content (AvgIpc) is 2.66. The van der Waals surface area contributed by atoms with Crippen molar-refractivity contribution in [3.05, 3.63) is 30.1 Å². The van der Waals surface area contributed by atoms with E-state index in [1.807, 2.05) is 49.6 Å². The number of carbonyl (C=O) groups excluding carboxylic acids is 1. The molecule has 5 heteroatoms. The van der Waals surface area contributed by atoms with Crippen LogP contribution in [-0.4, -0.2) is 27.5 Å². The number of para-hydroxylation sites is 2. The van der Waals surface area contributed by atoms with E-state index in [4.69, 9.17) is 5.73 Å². The Morgan fingerprint density at radius 3 is 2.79 bits per heavy atom. The highest BCUT2D eigenvalue weighted by atomic mass is 16.1. The molecule has 1 heterocycles. The molecule has 19 heavy (non-hydrogen) atoms. The lowest BCUT2D eigenvalue weighted by molar-refractivity contribution is -0.124. The van der Waals surface area contributed by atoms with E-state index < -0.39 is 5.54 Å².